The zero-order valence-electron chi connectivity index (χ0n) is 6.95. The Bertz CT molecular complexity index is 304. The van der Waals surface area contributed by atoms with Crippen molar-refractivity contribution in [3.05, 3.63) is 32.9 Å². The third kappa shape index (κ3) is 2.86. The molecule has 0 heterocycles. The van der Waals surface area contributed by atoms with Gasteiger partial charge in [0.15, 0.2) is 0 Å². The largest absolute Gasteiger partial charge is 0.416 e. The van der Waals surface area contributed by atoms with Crippen molar-refractivity contribution in [3.63, 3.8) is 0 Å². The van der Waals surface area contributed by atoms with Crippen LogP contribution >= 0.6 is 22.6 Å². The summed E-state index contributed by atoms with van der Waals surface area (Å²) in [5, 5.41) is 0. The summed E-state index contributed by atoms with van der Waals surface area (Å²) < 4.78 is 37.5. The van der Waals surface area contributed by atoms with Gasteiger partial charge in [-0.25, -0.2) is 0 Å². The van der Waals surface area contributed by atoms with Gasteiger partial charge in [0.2, 0.25) is 0 Å². The highest BCUT2D eigenvalue weighted by Crippen LogP contribution is 2.31. The van der Waals surface area contributed by atoms with E-state index in [0.29, 0.717) is 9.99 Å². The van der Waals surface area contributed by atoms with Gasteiger partial charge >= 0.3 is 6.18 Å². The SMILES string of the molecule is CCc1cc(I)cc(C(F)(F)F)c1. The summed E-state index contributed by atoms with van der Waals surface area (Å²) in [5.41, 5.74) is 0.162. The molecule has 0 atom stereocenters. The molecule has 72 valence electrons. The van der Waals surface area contributed by atoms with Crippen LogP contribution in [0.1, 0.15) is 18.1 Å². The van der Waals surface area contributed by atoms with Crippen LogP contribution in [0.25, 0.3) is 0 Å². The number of benzene rings is 1. The zero-order chi connectivity index (χ0) is 10.1. The minimum atomic E-state index is -4.23. The number of hydrogen-bond acceptors (Lipinski definition) is 0. The molecule has 0 saturated carbocycles. The Morgan fingerprint density at radius 1 is 1.23 bits per heavy atom. The van der Waals surface area contributed by atoms with Crippen molar-refractivity contribution in [2.24, 2.45) is 0 Å². The first-order chi connectivity index (χ1) is 5.93. The van der Waals surface area contributed by atoms with Gasteiger partial charge in [-0.05, 0) is 52.8 Å². The molecule has 0 nitrogen and oxygen atoms in total. The highest BCUT2D eigenvalue weighted by atomic mass is 127. The molecule has 0 aliphatic heterocycles. The maximum absolute atomic E-state index is 12.3. The molecule has 1 aromatic rings. The van der Waals surface area contributed by atoms with Crippen molar-refractivity contribution in [2.45, 2.75) is 19.5 Å². The normalized spacial score (nSPS) is 11.8. The van der Waals surface area contributed by atoms with Crippen LogP contribution in [0.2, 0.25) is 0 Å². The Morgan fingerprint density at radius 2 is 1.85 bits per heavy atom. The molecule has 1 aromatic carbocycles. The predicted octanol–water partition coefficient (Wildman–Crippen LogP) is 3.87. The van der Waals surface area contributed by atoms with E-state index in [1.165, 1.54) is 6.07 Å². The summed E-state index contributed by atoms with van der Waals surface area (Å²) in [5.74, 6) is 0. The lowest BCUT2D eigenvalue weighted by molar-refractivity contribution is -0.137. The fourth-order valence-electron chi connectivity index (χ4n) is 1.02. The van der Waals surface area contributed by atoms with E-state index < -0.39 is 11.7 Å². The summed E-state index contributed by atoms with van der Waals surface area (Å²) >= 11 is 1.89. The van der Waals surface area contributed by atoms with Crippen LogP contribution in [-0.2, 0) is 12.6 Å². The maximum Gasteiger partial charge on any atom is 0.416 e. The Hall–Kier alpha value is -0.260. The van der Waals surface area contributed by atoms with Crippen LogP contribution in [0.3, 0.4) is 0 Å². The van der Waals surface area contributed by atoms with E-state index in [0.717, 1.165) is 11.6 Å². The second kappa shape index (κ2) is 3.86. The Balaban J connectivity index is 3.16. The second-order valence-corrected chi connectivity index (χ2v) is 3.95. The van der Waals surface area contributed by atoms with Gasteiger partial charge < -0.3 is 0 Å². The summed E-state index contributed by atoms with van der Waals surface area (Å²) in [6.07, 6.45) is -3.61. The number of halogens is 4. The zero-order valence-corrected chi connectivity index (χ0v) is 9.11. The summed E-state index contributed by atoms with van der Waals surface area (Å²) in [7, 11) is 0. The third-order valence-electron chi connectivity index (χ3n) is 1.69. The van der Waals surface area contributed by atoms with Gasteiger partial charge in [0.25, 0.3) is 0 Å². The fraction of sp³-hybridized carbons (Fsp3) is 0.333. The molecule has 13 heavy (non-hydrogen) atoms. The average Bonchev–Trinajstić information content (AvgIpc) is 2.01. The summed E-state index contributed by atoms with van der Waals surface area (Å²) in [4.78, 5) is 0. The monoisotopic (exact) mass is 300 g/mol. The van der Waals surface area contributed by atoms with Crippen LogP contribution in [0.15, 0.2) is 18.2 Å². The first-order valence-electron chi connectivity index (χ1n) is 3.80. The number of rotatable bonds is 1. The smallest absolute Gasteiger partial charge is 0.166 e. The maximum atomic E-state index is 12.3. The van der Waals surface area contributed by atoms with Gasteiger partial charge in [-0.1, -0.05) is 6.92 Å². The molecule has 0 saturated heterocycles. The van der Waals surface area contributed by atoms with Crippen molar-refractivity contribution in [1.29, 1.82) is 0 Å². The molecule has 4 heteroatoms. The number of hydrogen-bond donors (Lipinski definition) is 0. The number of alkyl halides is 3. The van der Waals surface area contributed by atoms with Gasteiger partial charge in [0.1, 0.15) is 0 Å². The topological polar surface area (TPSA) is 0 Å². The van der Waals surface area contributed by atoms with Gasteiger partial charge in [-0.3, -0.25) is 0 Å². The molecule has 0 amide bonds. The molecular formula is C9H8F3I. The first-order valence-corrected chi connectivity index (χ1v) is 4.88. The lowest BCUT2D eigenvalue weighted by Gasteiger charge is -2.08. The highest BCUT2D eigenvalue weighted by molar-refractivity contribution is 14.1. The van der Waals surface area contributed by atoms with E-state index in [1.807, 2.05) is 29.5 Å². The molecule has 0 spiro atoms. The molecular weight excluding hydrogens is 292 g/mol. The molecule has 1 rings (SSSR count). The molecule has 0 unspecified atom stereocenters. The van der Waals surface area contributed by atoms with E-state index in [2.05, 4.69) is 0 Å². The average molecular weight is 300 g/mol. The minimum Gasteiger partial charge on any atom is -0.166 e. The van der Waals surface area contributed by atoms with E-state index in [-0.39, 0.29) is 0 Å². The Kier molecular flexibility index (Phi) is 3.21. The molecule has 0 bridgehead atoms. The minimum absolute atomic E-state index is 0.559. The lowest BCUT2D eigenvalue weighted by atomic mass is 10.1. The first kappa shape index (κ1) is 10.8. The standard InChI is InChI=1S/C9H8F3I/c1-2-6-3-7(9(10,11)12)5-8(13)4-6/h3-5H,2H2,1H3. The quantitative estimate of drug-likeness (QED) is 0.691. The van der Waals surface area contributed by atoms with Crippen LogP contribution in [0.4, 0.5) is 13.2 Å². The van der Waals surface area contributed by atoms with Crippen LogP contribution in [-0.4, -0.2) is 0 Å². The van der Waals surface area contributed by atoms with Gasteiger partial charge in [0, 0.05) is 3.57 Å². The van der Waals surface area contributed by atoms with Crippen LogP contribution in [0, 0.1) is 3.57 Å². The van der Waals surface area contributed by atoms with Crippen molar-refractivity contribution >= 4 is 22.6 Å². The van der Waals surface area contributed by atoms with Gasteiger partial charge in [0.05, 0.1) is 5.56 Å². The second-order valence-electron chi connectivity index (χ2n) is 2.70. The van der Waals surface area contributed by atoms with Crippen LogP contribution < -0.4 is 0 Å². The Morgan fingerprint density at radius 3 is 2.31 bits per heavy atom. The summed E-state index contributed by atoms with van der Waals surface area (Å²) in [6.45, 7) is 1.84. The Labute approximate surface area is 88.3 Å². The lowest BCUT2D eigenvalue weighted by Crippen LogP contribution is -2.05. The van der Waals surface area contributed by atoms with E-state index in [9.17, 15) is 13.2 Å². The van der Waals surface area contributed by atoms with Crippen molar-refractivity contribution in [3.8, 4) is 0 Å². The molecule has 0 aliphatic carbocycles. The van der Waals surface area contributed by atoms with E-state index in [4.69, 9.17) is 0 Å². The van der Waals surface area contributed by atoms with Crippen molar-refractivity contribution in [1.82, 2.24) is 0 Å². The molecule has 0 radical (unpaired) electrons. The fourth-order valence-corrected chi connectivity index (χ4v) is 1.75. The number of aryl methyl sites for hydroxylation is 1. The highest BCUT2D eigenvalue weighted by Gasteiger charge is 2.30. The molecule has 0 aliphatic rings. The predicted molar refractivity (Wildman–Crippen MR) is 53.5 cm³/mol. The molecule has 0 aromatic heterocycles. The van der Waals surface area contributed by atoms with Gasteiger partial charge in [-0.2, -0.15) is 13.2 Å². The molecule has 0 N–H and O–H groups in total. The molecule has 0 fully saturated rings. The van der Waals surface area contributed by atoms with Crippen molar-refractivity contribution in [2.75, 3.05) is 0 Å². The van der Waals surface area contributed by atoms with Gasteiger partial charge in [-0.15, -0.1) is 0 Å². The summed E-state index contributed by atoms with van der Waals surface area (Å²) in [6, 6.07) is 4.11. The van der Waals surface area contributed by atoms with E-state index >= 15 is 0 Å². The van der Waals surface area contributed by atoms with Crippen LogP contribution in [0.5, 0.6) is 0 Å². The van der Waals surface area contributed by atoms with Crippen molar-refractivity contribution < 1.29 is 13.2 Å². The van der Waals surface area contributed by atoms with E-state index in [1.54, 1.807) is 6.07 Å². The third-order valence-corrected chi connectivity index (χ3v) is 2.32.